The van der Waals surface area contributed by atoms with Gasteiger partial charge >= 0.3 is 6.03 Å². The number of rotatable bonds is 4. The molecule has 0 saturated heterocycles. The molecule has 1 aromatic carbocycles. The smallest absolute Gasteiger partial charge is 0.316 e. The van der Waals surface area contributed by atoms with Gasteiger partial charge in [0.25, 0.3) is 0 Å². The van der Waals surface area contributed by atoms with Gasteiger partial charge in [-0.3, -0.25) is 0 Å². The predicted octanol–water partition coefficient (Wildman–Crippen LogP) is 0.499. The van der Waals surface area contributed by atoms with Crippen LogP contribution in [0.1, 0.15) is 12.5 Å². The Morgan fingerprint density at radius 1 is 1.21 bits per heavy atom. The zero-order chi connectivity index (χ0) is 14.7. The number of hydrogen-bond donors (Lipinski definition) is 5. The Balaban J connectivity index is 0.000000344. The second-order valence-electron chi connectivity index (χ2n) is 3.49. The number of aliphatic hydroxyl groups excluding tert-OH is 1. The first kappa shape index (κ1) is 17.0. The third-order valence-electron chi connectivity index (χ3n) is 1.86. The van der Waals surface area contributed by atoms with Gasteiger partial charge < -0.3 is 30.7 Å². The molecule has 0 unspecified atom stereocenters. The monoisotopic (exact) mass is 272 g/mol. The van der Waals surface area contributed by atoms with Crippen LogP contribution in [-0.2, 0) is 11.3 Å². The lowest BCUT2D eigenvalue weighted by Crippen LogP contribution is -2.36. The molecule has 0 heterocycles. The molecule has 7 nitrogen and oxygen atoms in total. The number of nitrogens with one attached hydrogen (secondary N) is 2. The molecule has 5 N–H and O–H groups in total. The number of carbonyl (C=O) groups excluding carboxylic acids is 1. The second kappa shape index (κ2) is 9.98. The van der Waals surface area contributed by atoms with Crippen molar-refractivity contribution in [2.75, 3.05) is 20.4 Å². The highest BCUT2D eigenvalue weighted by Gasteiger charge is 1.95. The summed E-state index contributed by atoms with van der Waals surface area (Å²) in [5, 5.41) is 31.3. The Morgan fingerprint density at radius 2 is 1.79 bits per heavy atom. The van der Waals surface area contributed by atoms with Crippen LogP contribution >= 0.6 is 0 Å². The number of methoxy groups -OCH3 is 1. The van der Waals surface area contributed by atoms with Crippen molar-refractivity contribution in [1.82, 2.24) is 10.6 Å². The van der Waals surface area contributed by atoms with E-state index in [1.165, 1.54) is 25.3 Å². The fourth-order valence-electron chi connectivity index (χ4n) is 1.11. The maximum absolute atomic E-state index is 10.5. The van der Waals surface area contributed by atoms with Gasteiger partial charge in [0, 0.05) is 19.7 Å². The van der Waals surface area contributed by atoms with Crippen molar-refractivity contribution < 1.29 is 24.9 Å². The molecule has 0 bridgehead atoms. The zero-order valence-corrected chi connectivity index (χ0v) is 11.0. The summed E-state index contributed by atoms with van der Waals surface area (Å²) in [6, 6.07) is 3.79. The first-order valence-corrected chi connectivity index (χ1v) is 5.66. The molecule has 1 rings (SSSR count). The number of carbonyl (C=O) groups is 1. The van der Waals surface area contributed by atoms with Crippen molar-refractivity contribution in [3.05, 3.63) is 23.8 Å². The minimum atomic E-state index is -0.195. The highest BCUT2D eigenvalue weighted by Crippen LogP contribution is 2.19. The van der Waals surface area contributed by atoms with Gasteiger partial charge in [0.05, 0.1) is 6.61 Å². The van der Waals surface area contributed by atoms with Crippen molar-refractivity contribution in [3.8, 4) is 11.5 Å². The zero-order valence-electron chi connectivity index (χ0n) is 11.0. The first-order valence-electron chi connectivity index (χ1n) is 5.66. The van der Waals surface area contributed by atoms with E-state index in [0.717, 1.165) is 0 Å². The number of ether oxygens (including phenoxy) is 1. The lowest BCUT2D eigenvalue weighted by atomic mass is 10.2. The molecule has 0 spiro atoms. The van der Waals surface area contributed by atoms with Crippen LogP contribution in [-0.4, -0.2) is 41.7 Å². The fourth-order valence-corrected chi connectivity index (χ4v) is 1.11. The van der Waals surface area contributed by atoms with E-state index in [-0.39, 0.29) is 30.9 Å². The molecular formula is C12H20N2O5. The number of phenolic OH excluding ortho intramolecular Hbond substituents is 2. The number of phenols is 2. The quantitative estimate of drug-likeness (QED) is 0.512. The molecule has 0 atom stereocenters. The standard InChI is InChI=1S/C7H8O3.C5H12N2O2/c8-4-5-1-6(9)3-7(10)2-5;1-3-6-5(8)7-4-9-2/h1-3,8-10H,4H2;3-4H2,1-2H3,(H2,6,7,8). The summed E-state index contributed by atoms with van der Waals surface area (Å²) in [6.07, 6.45) is 0. The van der Waals surface area contributed by atoms with Gasteiger partial charge in [-0.25, -0.2) is 4.79 Å². The van der Waals surface area contributed by atoms with Crippen LogP contribution < -0.4 is 10.6 Å². The summed E-state index contributed by atoms with van der Waals surface area (Å²) in [6.45, 7) is 2.57. The lowest BCUT2D eigenvalue weighted by Gasteiger charge is -2.02. The van der Waals surface area contributed by atoms with E-state index in [2.05, 4.69) is 15.4 Å². The molecule has 19 heavy (non-hydrogen) atoms. The van der Waals surface area contributed by atoms with Gasteiger partial charge in [0.15, 0.2) is 0 Å². The van der Waals surface area contributed by atoms with Crippen molar-refractivity contribution in [1.29, 1.82) is 0 Å². The molecule has 108 valence electrons. The summed E-state index contributed by atoms with van der Waals surface area (Å²) in [5.41, 5.74) is 0.498. The molecule has 0 fully saturated rings. The van der Waals surface area contributed by atoms with Gasteiger partial charge in [-0.15, -0.1) is 0 Å². The normalized spacial score (nSPS) is 9.21. The maximum atomic E-state index is 10.5. The average Bonchev–Trinajstić information content (AvgIpc) is 2.36. The van der Waals surface area contributed by atoms with E-state index < -0.39 is 0 Å². The number of aromatic hydroxyl groups is 2. The van der Waals surface area contributed by atoms with Crippen LogP contribution in [0.15, 0.2) is 18.2 Å². The van der Waals surface area contributed by atoms with Gasteiger partial charge in [-0.1, -0.05) is 0 Å². The highest BCUT2D eigenvalue weighted by molar-refractivity contribution is 5.73. The third kappa shape index (κ3) is 8.70. The SMILES string of the molecule is CCNC(=O)NCOC.OCc1cc(O)cc(O)c1. The second-order valence-corrected chi connectivity index (χ2v) is 3.49. The van der Waals surface area contributed by atoms with Crippen LogP contribution in [0, 0.1) is 0 Å². The van der Waals surface area contributed by atoms with Gasteiger partial charge in [-0.2, -0.15) is 0 Å². The molecular weight excluding hydrogens is 252 g/mol. The predicted molar refractivity (Wildman–Crippen MR) is 69.8 cm³/mol. The van der Waals surface area contributed by atoms with Gasteiger partial charge in [-0.05, 0) is 24.6 Å². The number of hydrogen-bond acceptors (Lipinski definition) is 5. The van der Waals surface area contributed by atoms with E-state index >= 15 is 0 Å². The van der Waals surface area contributed by atoms with Crippen LogP contribution in [0.4, 0.5) is 4.79 Å². The van der Waals surface area contributed by atoms with Crippen LogP contribution in [0.2, 0.25) is 0 Å². The molecule has 0 aliphatic carbocycles. The highest BCUT2D eigenvalue weighted by atomic mass is 16.5. The average molecular weight is 272 g/mol. The van der Waals surface area contributed by atoms with Gasteiger partial charge in [0.2, 0.25) is 0 Å². The van der Waals surface area contributed by atoms with E-state index in [9.17, 15) is 4.79 Å². The first-order chi connectivity index (χ1) is 9.03. The fraction of sp³-hybridized carbons (Fsp3) is 0.417. The summed E-state index contributed by atoms with van der Waals surface area (Å²) >= 11 is 0. The van der Waals surface area contributed by atoms with Crippen molar-refractivity contribution in [2.24, 2.45) is 0 Å². The van der Waals surface area contributed by atoms with E-state index in [0.29, 0.717) is 12.1 Å². The number of amides is 2. The lowest BCUT2D eigenvalue weighted by molar-refractivity contribution is 0.172. The molecule has 0 radical (unpaired) electrons. The van der Waals surface area contributed by atoms with Crippen LogP contribution in [0.25, 0.3) is 0 Å². The summed E-state index contributed by atoms with van der Waals surface area (Å²) in [4.78, 5) is 10.5. The van der Waals surface area contributed by atoms with E-state index in [1.54, 1.807) is 0 Å². The molecule has 0 aliphatic heterocycles. The van der Waals surface area contributed by atoms with Crippen LogP contribution in [0.3, 0.4) is 0 Å². The summed E-state index contributed by atoms with van der Waals surface area (Å²) in [5.74, 6) is -0.0758. The molecule has 0 aliphatic rings. The van der Waals surface area contributed by atoms with E-state index in [1.807, 2.05) is 6.92 Å². The molecule has 2 amide bonds. The minimum absolute atomic E-state index is 0.0379. The largest absolute Gasteiger partial charge is 0.508 e. The van der Waals surface area contributed by atoms with Gasteiger partial charge in [0.1, 0.15) is 18.2 Å². The van der Waals surface area contributed by atoms with E-state index in [4.69, 9.17) is 15.3 Å². The maximum Gasteiger partial charge on any atom is 0.316 e. The topological polar surface area (TPSA) is 111 Å². The number of benzene rings is 1. The minimum Gasteiger partial charge on any atom is -0.508 e. The number of urea groups is 1. The summed E-state index contributed by atoms with van der Waals surface area (Å²) in [7, 11) is 1.52. The Bertz CT molecular complexity index is 364. The molecule has 0 saturated carbocycles. The van der Waals surface area contributed by atoms with Crippen molar-refractivity contribution in [2.45, 2.75) is 13.5 Å². The Hall–Kier alpha value is -1.99. The molecule has 0 aromatic heterocycles. The van der Waals surface area contributed by atoms with Crippen molar-refractivity contribution in [3.63, 3.8) is 0 Å². The molecule has 1 aromatic rings. The van der Waals surface area contributed by atoms with Crippen LogP contribution in [0.5, 0.6) is 11.5 Å². The molecule has 7 heteroatoms. The summed E-state index contributed by atoms with van der Waals surface area (Å²) < 4.78 is 4.59. The Morgan fingerprint density at radius 3 is 2.21 bits per heavy atom. The Labute approximate surface area is 111 Å². The third-order valence-corrected chi connectivity index (χ3v) is 1.86. The Kier molecular flexibility index (Phi) is 8.94. The van der Waals surface area contributed by atoms with Crippen molar-refractivity contribution >= 4 is 6.03 Å². The number of aliphatic hydroxyl groups is 1.